The van der Waals surface area contributed by atoms with Gasteiger partial charge in [-0.15, -0.1) is 0 Å². The Hall–Kier alpha value is -3.43. The van der Waals surface area contributed by atoms with Crippen LogP contribution in [0.2, 0.25) is 0 Å². The maximum atomic E-state index is 13.4. The molecule has 3 rings (SSSR count). The molecule has 0 aromatic heterocycles. The minimum Gasteiger partial charge on any atom is -0.491 e. The molecule has 194 valence electrons. The third kappa shape index (κ3) is 6.61. The number of carbonyl (C=O) groups excluding carboxylic acids is 3. The van der Waals surface area contributed by atoms with Crippen molar-refractivity contribution in [1.29, 1.82) is 0 Å². The summed E-state index contributed by atoms with van der Waals surface area (Å²) in [4.78, 5) is 42.2. The molecule has 0 fully saturated rings. The van der Waals surface area contributed by atoms with Gasteiger partial charge in [0.05, 0.1) is 17.7 Å². The first kappa shape index (κ1) is 27.2. The van der Waals surface area contributed by atoms with Gasteiger partial charge < -0.3 is 29.3 Å². The minimum absolute atomic E-state index is 0.0566. The van der Waals surface area contributed by atoms with Gasteiger partial charge >= 0.3 is 0 Å². The van der Waals surface area contributed by atoms with E-state index in [1.54, 1.807) is 54.3 Å². The number of fused-ring (bicyclic) bond motifs is 1. The highest BCUT2D eigenvalue weighted by molar-refractivity contribution is 5.99. The predicted molar refractivity (Wildman–Crippen MR) is 136 cm³/mol. The number of nitrogens with one attached hydrogen (secondary N) is 1. The van der Waals surface area contributed by atoms with Crippen LogP contribution in [0.3, 0.4) is 0 Å². The van der Waals surface area contributed by atoms with Gasteiger partial charge in [-0.2, -0.15) is 0 Å². The van der Waals surface area contributed by atoms with Crippen LogP contribution in [-0.4, -0.2) is 87.2 Å². The molecule has 0 unspecified atom stereocenters. The lowest BCUT2D eigenvalue weighted by Gasteiger charge is -2.36. The molecule has 0 bridgehead atoms. The van der Waals surface area contributed by atoms with Crippen LogP contribution in [0.15, 0.2) is 48.5 Å². The van der Waals surface area contributed by atoms with Gasteiger partial charge in [0, 0.05) is 51.5 Å². The lowest BCUT2D eigenvalue weighted by molar-refractivity contribution is -0.119. The van der Waals surface area contributed by atoms with Crippen molar-refractivity contribution in [3.8, 4) is 5.75 Å². The molecule has 3 atom stereocenters. The second kappa shape index (κ2) is 12.5. The van der Waals surface area contributed by atoms with Crippen LogP contribution in [-0.2, 0) is 14.3 Å². The molecule has 9 heteroatoms. The molecule has 0 radical (unpaired) electrons. The number of rotatable bonds is 5. The number of anilines is 1. The third-order valence-electron chi connectivity index (χ3n) is 6.29. The van der Waals surface area contributed by atoms with Crippen molar-refractivity contribution in [2.24, 2.45) is 5.92 Å². The maximum Gasteiger partial charge on any atom is 0.257 e. The van der Waals surface area contributed by atoms with Crippen LogP contribution in [0.5, 0.6) is 5.75 Å². The molecule has 2 aromatic rings. The molecule has 0 saturated carbocycles. The molecular weight excluding hydrogens is 462 g/mol. The number of carbonyl (C=O) groups is 3. The fraction of sp³-hybridized carbons (Fsp3) is 0.444. The summed E-state index contributed by atoms with van der Waals surface area (Å²) < 4.78 is 16.7. The van der Waals surface area contributed by atoms with Gasteiger partial charge in [-0.1, -0.05) is 25.1 Å². The summed E-state index contributed by atoms with van der Waals surface area (Å²) in [6.07, 6.45) is -0.300. The van der Waals surface area contributed by atoms with Crippen LogP contribution in [0.4, 0.5) is 5.69 Å². The fourth-order valence-electron chi connectivity index (χ4n) is 4.21. The number of ether oxygens (including phenoxy) is 3. The van der Waals surface area contributed by atoms with Crippen LogP contribution < -0.4 is 10.1 Å². The Labute approximate surface area is 212 Å². The van der Waals surface area contributed by atoms with E-state index in [9.17, 15) is 14.4 Å². The van der Waals surface area contributed by atoms with E-state index in [-0.39, 0.29) is 49.0 Å². The van der Waals surface area contributed by atoms with Crippen molar-refractivity contribution in [1.82, 2.24) is 9.80 Å². The highest BCUT2D eigenvalue weighted by Gasteiger charge is 2.30. The Morgan fingerprint density at radius 2 is 1.81 bits per heavy atom. The quantitative estimate of drug-likeness (QED) is 0.682. The van der Waals surface area contributed by atoms with Gasteiger partial charge in [-0.3, -0.25) is 14.4 Å². The van der Waals surface area contributed by atoms with Crippen LogP contribution >= 0.6 is 0 Å². The second-order valence-corrected chi connectivity index (χ2v) is 9.11. The zero-order valence-electron chi connectivity index (χ0n) is 21.5. The van der Waals surface area contributed by atoms with Crippen molar-refractivity contribution in [2.75, 3.05) is 52.9 Å². The monoisotopic (exact) mass is 497 g/mol. The highest BCUT2D eigenvalue weighted by atomic mass is 16.5. The lowest BCUT2D eigenvalue weighted by atomic mass is 10.0. The Bertz CT molecular complexity index is 1060. The van der Waals surface area contributed by atoms with Crippen molar-refractivity contribution in [2.45, 2.75) is 26.0 Å². The van der Waals surface area contributed by atoms with Gasteiger partial charge in [0.15, 0.2) is 0 Å². The van der Waals surface area contributed by atoms with Gasteiger partial charge in [-0.25, -0.2) is 0 Å². The first-order valence-corrected chi connectivity index (χ1v) is 11.9. The van der Waals surface area contributed by atoms with Crippen LogP contribution in [0.25, 0.3) is 0 Å². The predicted octanol–water partition coefficient (Wildman–Crippen LogP) is 2.92. The number of amides is 3. The molecule has 36 heavy (non-hydrogen) atoms. The van der Waals surface area contributed by atoms with E-state index >= 15 is 0 Å². The summed E-state index contributed by atoms with van der Waals surface area (Å²) in [6, 6.07) is 13.8. The number of nitrogens with zero attached hydrogens (tertiary/aromatic N) is 2. The van der Waals surface area contributed by atoms with Gasteiger partial charge in [0.25, 0.3) is 11.8 Å². The second-order valence-electron chi connectivity index (χ2n) is 9.11. The highest BCUT2D eigenvalue weighted by Crippen LogP contribution is 2.27. The molecule has 9 nitrogen and oxygen atoms in total. The first-order chi connectivity index (χ1) is 17.2. The average Bonchev–Trinajstić information content (AvgIpc) is 2.88. The smallest absolute Gasteiger partial charge is 0.257 e. The van der Waals surface area contributed by atoms with E-state index in [0.29, 0.717) is 35.7 Å². The van der Waals surface area contributed by atoms with E-state index in [1.807, 2.05) is 32.0 Å². The normalized spacial score (nSPS) is 21.0. The number of hydrogen-bond acceptors (Lipinski definition) is 6. The van der Waals surface area contributed by atoms with Crippen molar-refractivity contribution in [3.63, 3.8) is 0 Å². The number of likely N-dealkylation sites (N-methyl/N-ethyl adjacent to an activating group) is 1. The molecule has 0 saturated heterocycles. The summed E-state index contributed by atoms with van der Waals surface area (Å²) in [5.41, 5.74) is 1.37. The summed E-state index contributed by atoms with van der Waals surface area (Å²) >= 11 is 0. The molecule has 1 N–H and O–H groups in total. The summed E-state index contributed by atoms with van der Waals surface area (Å²) in [5, 5.41) is 2.72. The lowest BCUT2D eigenvalue weighted by Crippen LogP contribution is -2.48. The minimum atomic E-state index is -0.329. The number of methoxy groups -OCH3 is 2. The van der Waals surface area contributed by atoms with E-state index in [4.69, 9.17) is 14.2 Å². The standard InChI is InChI=1S/C27H35N3O6/c1-18-14-30(26(32)20-9-7-6-8-10-20)19(2)16-36-23-12-11-21(28-25(31)17-34-4)13-22(23)27(33)29(3)15-24(18)35-5/h6-13,18-19,24H,14-17H2,1-5H3,(H,28,31)/t18-,19-,24-/m0/s1. The molecule has 0 spiro atoms. The van der Waals surface area contributed by atoms with E-state index < -0.39 is 0 Å². The van der Waals surface area contributed by atoms with Crippen molar-refractivity contribution in [3.05, 3.63) is 59.7 Å². The molecule has 3 amide bonds. The third-order valence-corrected chi connectivity index (χ3v) is 6.29. The Morgan fingerprint density at radius 3 is 2.47 bits per heavy atom. The SMILES string of the molecule is COCC(=O)Nc1ccc2c(c1)C(=O)N(C)C[C@H](OC)[C@@H](C)CN(C(=O)c1ccccc1)[C@@H](C)CO2. The van der Waals surface area contributed by atoms with Crippen molar-refractivity contribution >= 4 is 23.4 Å². The topological polar surface area (TPSA) is 97.4 Å². The van der Waals surface area contributed by atoms with Crippen LogP contribution in [0, 0.1) is 5.92 Å². The Morgan fingerprint density at radius 1 is 1.08 bits per heavy atom. The zero-order valence-corrected chi connectivity index (χ0v) is 21.5. The Kier molecular flexibility index (Phi) is 9.44. The molecule has 1 aliphatic heterocycles. The zero-order chi connectivity index (χ0) is 26.2. The molecule has 1 aliphatic rings. The summed E-state index contributed by atoms with van der Waals surface area (Å²) in [5.74, 6) is -0.361. The van der Waals surface area contributed by atoms with E-state index in [0.717, 1.165) is 0 Å². The van der Waals surface area contributed by atoms with Gasteiger partial charge in [0.2, 0.25) is 5.91 Å². The summed E-state index contributed by atoms with van der Waals surface area (Å²) in [7, 11) is 4.74. The van der Waals surface area contributed by atoms with E-state index in [2.05, 4.69) is 5.32 Å². The first-order valence-electron chi connectivity index (χ1n) is 11.9. The molecular formula is C27H35N3O6. The van der Waals surface area contributed by atoms with E-state index in [1.165, 1.54) is 7.11 Å². The number of benzene rings is 2. The molecule has 0 aliphatic carbocycles. The molecule has 1 heterocycles. The van der Waals surface area contributed by atoms with Crippen LogP contribution in [0.1, 0.15) is 34.6 Å². The largest absolute Gasteiger partial charge is 0.491 e. The Balaban J connectivity index is 1.96. The summed E-state index contributed by atoms with van der Waals surface area (Å²) in [6.45, 7) is 4.77. The average molecular weight is 498 g/mol. The maximum absolute atomic E-state index is 13.4. The number of hydrogen-bond donors (Lipinski definition) is 1. The van der Waals surface area contributed by atoms with Gasteiger partial charge in [-0.05, 0) is 37.3 Å². The van der Waals surface area contributed by atoms with Crippen molar-refractivity contribution < 1.29 is 28.6 Å². The molecule has 2 aromatic carbocycles. The fourth-order valence-corrected chi connectivity index (χ4v) is 4.21. The van der Waals surface area contributed by atoms with Gasteiger partial charge in [0.1, 0.15) is 19.0 Å².